The number of fused-ring (bicyclic) bond motifs is 1. The minimum absolute atomic E-state index is 0. The lowest BCUT2D eigenvalue weighted by Crippen LogP contribution is -2.49. The van der Waals surface area contributed by atoms with Gasteiger partial charge in [-0.1, -0.05) is 24.3 Å². The summed E-state index contributed by atoms with van der Waals surface area (Å²) in [7, 11) is 0. The van der Waals surface area contributed by atoms with E-state index in [1.165, 1.54) is 11.1 Å². The summed E-state index contributed by atoms with van der Waals surface area (Å²) in [5, 5.41) is 2.64. The molecule has 0 amide bonds. The van der Waals surface area contributed by atoms with Crippen molar-refractivity contribution in [3.63, 3.8) is 0 Å². The molecule has 0 radical (unpaired) electrons. The van der Waals surface area contributed by atoms with E-state index in [-0.39, 0.29) is 41.2 Å². The molecule has 0 aliphatic carbocycles. The topological polar surface area (TPSA) is 53.6 Å². The molecular weight excluding hydrogens is 461 g/mol. The predicted molar refractivity (Wildman–Crippen MR) is 117 cm³/mol. The third-order valence-electron chi connectivity index (χ3n) is 4.81. The monoisotopic (exact) mass is 486 g/mol. The highest BCUT2D eigenvalue weighted by Crippen LogP contribution is 2.25. The van der Waals surface area contributed by atoms with Crippen molar-refractivity contribution in [1.29, 1.82) is 0 Å². The highest BCUT2D eigenvalue weighted by atomic mass is 127. The van der Waals surface area contributed by atoms with Crippen molar-refractivity contribution in [3.05, 3.63) is 65.2 Å². The Balaban J connectivity index is 0.00000261. The van der Waals surface area contributed by atoms with Crippen molar-refractivity contribution in [2.45, 2.75) is 32.4 Å². The SMILES string of the molecule is CC(C)(CN=C(N)Nc1cc(F)ccc1F)N1CCc2ccccc2C1.I. The van der Waals surface area contributed by atoms with E-state index in [9.17, 15) is 8.78 Å². The maximum absolute atomic E-state index is 13.7. The fourth-order valence-electron chi connectivity index (χ4n) is 3.16. The van der Waals surface area contributed by atoms with E-state index in [4.69, 9.17) is 5.73 Å². The minimum Gasteiger partial charge on any atom is -0.370 e. The molecule has 27 heavy (non-hydrogen) atoms. The van der Waals surface area contributed by atoms with Crippen LogP contribution in [-0.4, -0.2) is 29.5 Å². The summed E-state index contributed by atoms with van der Waals surface area (Å²) in [5.41, 5.74) is 8.37. The van der Waals surface area contributed by atoms with E-state index < -0.39 is 11.6 Å². The lowest BCUT2D eigenvalue weighted by molar-refractivity contribution is 0.112. The van der Waals surface area contributed by atoms with Crippen LogP contribution in [0.3, 0.4) is 0 Å². The number of halogens is 3. The van der Waals surface area contributed by atoms with E-state index in [0.717, 1.165) is 37.7 Å². The zero-order chi connectivity index (χ0) is 18.7. The number of hydrogen-bond acceptors (Lipinski definition) is 2. The first kappa shape index (κ1) is 21.6. The Morgan fingerprint density at radius 3 is 2.63 bits per heavy atom. The quantitative estimate of drug-likeness (QED) is 0.388. The van der Waals surface area contributed by atoms with Gasteiger partial charge in [0, 0.05) is 24.7 Å². The van der Waals surface area contributed by atoms with Crippen molar-refractivity contribution < 1.29 is 8.78 Å². The maximum Gasteiger partial charge on any atom is 0.193 e. The van der Waals surface area contributed by atoms with Gasteiger partial charge in [-0.3, -0.25) is 9.89 Å². The standard InChI is InChI=1S/C20H24F2N4.HI/c1-20(2,26-10-9-14-5-3-4-6-15(14)12-26)13-24-19(23)25-18-11-16(21)7-8-17(18)22;/h3-8,11H,9-10,12-13H2,1-2H3,(H3,23,24,25);1H. The summed E-state index contributed by atoms with van der Waals surface area (Å²) in [6, 6.07) is 11.6. The van der Waals surface area contributed by atoms with Crippen molar-refractivity contribution >= 4 is 35.6 Å². The van der Waals surface area contributed by atoms with E-state index in [0.29, 0.717) is 6.54 Å². The van der Waals surface area contributed by atoms with Gasteiger partial charge in [-0.25, -0.2) is 8.78 Å². The summed E-state index contributed by atoms with van der Waals surface area (Å²) in [6.07, 6.45) is 1.01. The molecule has 7 heteroatoms. The molecule has 146 valence electrons. The average Bonchev–Trinajstić information content (AvgIpc) is 2.63. The van der Waals surface area contributed by atoms with Gasteiger partial charge in [0.25, 0.3) is 0 Å². The van der Waals surface area contributed by atoms with E-state index in [1.807, 2.05) is 0 Å². The van der Waals surface area contributed by atoms with Crippen LogP contribution in [0.25, 0.3) is 0 Å². The van der Waals surface area contributed by atoms with Crippen LogP contribution in [0, 0.1) is 11.6 Å². The molecule has 2 aromatic rings. The fraction of sp³-hybridized carbons (Fsp3) is 0.350. The molecule has 0 fully saturated rings. The molecule has 1 heterocycles. The first-order chi connectivity index (χ1) is 12.3. The summed E-state index contributed by atoms with van der Waals surface area (Å²) < 4.78 is 26.9. The summed E-state index contributed by atoms with van der Waals surface area (Å²) in [6.45, 7) is 6.49. The number of rotatable bonds is 4. The van der Waals surface area contributed by atoms with Gasteiger partial charge in [0.05, 0.1) is 12.2 Å². The largest absolute Gasteiger partial charge is 0.370 e. The average molecular weight is 486 g/mol. The van der Waals surface area contributed by atoms with Gasteiger partial charge in [-0.05, 0) is 43.5 Å². The molecule has 2 aromatic carbocycles. The van der Waals surface area contributed by atoms with Crippen LogP contribution in [0.5, 0.6) is 0 Å². The molecule has 3 rings (SSSR count). The van der Waals surface area contributed by atoms with E-state index in [1.54, 1.807) is 0 Å². The Morgan fingerprint density at radius 1 is 1.19 bits per heavy atom. The van der Waals surface area contributed by atoms with Crippen molar-refractivity contribution in [2.75, 3.05) is 18.4 Å². The summed E-state index contributed by atoms with van der Waals surface area (Å²) in [5.74, 6) is -1.04. The van der Waals surface area contributed by atoms with Crippen molar-refractivity contribution in [3.8, 4) is 0 Å². The zero-order valence-electron chi connectivity index (χ0n) is 15.5. The molecule has 1 aliphatic heterocycles. The Labute approximate surface area is 175 Å². The number of anilines is 1. The number of nitrogens with two attached hydrogens (primary N) is 1. The first-order valence-corrected chi connectivity index (χ1v) is 8.69. The van der Waals surface area contributed by atoms with Gasteiger partial charge in [0.15, 0.2) is 5.96 Å². The predicted octanol–water partition coefficient (Wildman–Crippen LogP) is 4.15. The van der Waals surface area contributed by atoms with Crippen LogP contribution < -0.4 is 11.1 Å². The van der Waals surface area contributed by atoms with Crippen LogP contribution in [0.4, 0.5) is 14.5 Å². The molecule has 0 bridgehead atoms. The molecule has 0 aromatic heterocycles. The number of benzene rings is 2. The van der Waals surface area contributed by atoms with Gasteiger partial charge in [-0.15, -0.1) is 24.0 Å². The third kappa shape index (κ3) is 5.38. The van der Waals surface area contributed by atoms with Gasteiger partial charge >= 0.3 is 0 Å². The van der Waals surface area contributed by atoms with E-state index >= 15 is 0 Å². The molecule has 0 atom stereocenters. The number of hydrogen-bond donors (Lipinski definition) is 2. The smallest absolute Gasteiger partial charge is 0.193 e. The second-order valence-corrected chi connectivity index (χ2v) is 7.20. The number of nitrogens with one attached hydrogen (secondary N) is 1. The maximum atomic E-state index is 13.7. The lowest BCUT2D eigenvalue weighted by Gasteiger charge is -2.40. The minimum atomic E-state index is -0.573. The van der Waals surface area contributed by atoms with Crippen LogP contribution in [-0.2, 0) is 13.0 Å². The van der Waals surface area contributed by atoms with Gasteiger partial charge < -0.3 is 11.1 Å². The van der Waals surface area contributed by atoms with Crippen molar-refractivity contribution in [2.24, 2.45) is 10.7 Å². The Morgan fingerprint density at radius 2 is 1.89 bits per heavy atom. The zero-order valence-corrected chi connectivity index (χ0v) is 17.8. The molecule has 3 N–H and O–H groups in total. The molecule has 0 saturated carbocycles. The first-order valence-electron chi connectivity index (χ1n) is 8.69. The summed E-state index contributed by atoms with van der Waals surface area (Å²) >= 11 is 0. The molecule has 1 aliphatic rings. The van der Waals surface area contributed by atoms with Gasteiger partial charge in [0.2, 0.25) is 0 Å². The second-order valence-electron chi connectivity index (χ2n) is 7.20. The molecular formula is C20H25F2IN4. The Bertz CT molecular complexity index is 823. The molecule has 0 unspecified atom stereocenters. The molecule has 0 spiro atoms. The third-order valence-corrected chi connectivity index (χ3v) is 4.81. The second kappa shape index (κ2) is 8.97. The Kier molecular flexibility index (Phi) is 7.16. The number of aliphatic imine (C=N–C) groups is 1. The molecule has 0 saturated heterocycles. The highest BCUT2D eigenvalue weighted by molar-refractivity contribution is 14.0. The van der Waals surface area contributed by atoms with E-state index in [2.05, 4.69) is 53.3 Å². The fourth-order valence-corrected chi connectivity index (χ4v) is 3.16. The highest BCUT2D eigenvalue weighted by Gasteiger charge is 2.29. The molecule has 4 nitrogen and oxygen atoms in total. The Hall–Kier alpha value is -1.74. The number of guanidine groups is 1. The van der Waals surface area contributed by atoms with Crippen LogP contribution >= 0.6 is 24.0 Å². The van der Waals surface area contributed by atoms with Crippen LogP contribution in [0.1, 0.15) is 25.0 Å². The van der Waals surface area contributed by atoms with Gasteiger partial charge in [0.1, 0.15) is 11.6 Å². The van der Waals surface area contributed by atoms with Gasteiger partial charge in [-0.2, -0.15) is 0 Å². The normalized spacial score (nSPS) is 15.0. The van der Waals surface area contributed by atoms with Crippen LogP contribution in [0.15, 0.2) is 47.5 Å². The number of nitrogens with zero attached hydrogens (tertiary/aromatic N) is 2. The lowest BCUT2D eigenvalue weighted by atomic mass is 9.94. The van der Waals surface area contributed by atoms with Crippen LogP contribution in [0.2, 0.25) is 0 Å². The van der Waals surface area contributed by atoms with Crippen molar-refractivity contribution in [1.82, 2.24) is 4.90 Å². The summed E-state index contributed by atoms with van der Waals surface area (Å²) in [4.78, 5) is 6.72.